The lowest BCUT2D eigenvalue weighted by atomic mass is 9.95. The van der Waals surface area contributed by atoms with Crippen molar-refractivity contribution < 1.29 is 19.3 Å². The van der Waals surface area contributed by atoms with E-state index in [4.69, 9.17) is 4.58 Å². The number of hydrogen-bond acceptors (Lipinski definition) is 5. The predicted octanol–water partition coefficient (Wildman–Crippen LogP) is 1.77. The van der Waals surface area contributed by atoms with Gasteiger partial charge in [-0.1, -0.05) is 18.9 Å². The highest BCUT2D eigenvalue weighted by molar-refractivity contribution is 7.99. The zero-order valence-electron chi connectivity index (χ0n) is 11.8. The third-order valence-corrected chi connectivity index (χ3v) is 4.42. The van der Waals surface area contributed by atoms with Crippen LogP contribution in [0.15, 0.2) is 0 Å². The van der Waals surface area contributed by atoms with E-state index in [1.807, 2.05) is 13.8 Å². The van der Waals surface area contributed by atoms with E-state index in [0.29, 0.717) is 9.76 Å². The van der Waals surface area contributed by atoms with Crippen molar-refractivity contribution in [2.45, 2.75) is 26.3 Å². The van der Waals surface area contributed by atoms with Gasteiger partial charge >= 0.3 is 0 Å². The summed E-state index contributed by atoms with van der Waals surface area (Å²) in [5.74, 6) is 2.03. The molecule has 2 radical (unpaired) electrons. The van der Waals surface area contributed by atoms with Crippen molar-refractivity contribution in [3.8, 4) is 0 Å². The van der Waals surface area contributed by atoms with Crippen molar-refractivity contribution in [2.24, 2.45) is 5.41 Å². The smallest absolute Gasteiger partial charge is 0.287 e. The standard InChI is InChI=1S/C11H23NO4SSi/c1-11(2,10(13)12(3)4)9-17-7-6-8-18-16-15-14-5/h6-9H2,1-5H3. The molecule has 0 atom stereocenters. The molecule has 7 heteroatoms. The van der Waals surface area contributed by atoms with Gasteiger partial charge in [-0.25, -0.2) is 4.89 Å². The molecule has 0 aromatic carbocycles. The van der Waals surface area contributed by atoms with Gasteiger partial charge in [-0.05, 0) is 18.2 Å². The minimum absolute atomic E-state index is 0.175. The quantitative estimate of drug-likeness (QED) is 0.266. The van der Waals surface area contributed by atoms with Crippen LogP contribution in [0.25, 0.3) is 0 Å². The fourth-order valence-corrected chi connectivity index (χ4v) is 3.24. The first-order valence-corrected chi connectivity index (χ1v) is 8.07. The monoisotopic (exact) mass is 293 g/mol. The summed E-state index contributed by atoms with van der Waals surface area (Å²) in [5, 5.41) is 4.31. The second-order valence-corrected chi connectivity index (χ2v) is 6.76. The maximum atomic E-state index is 11.9. The van der Waals surface area contributed by atoms with Crippen LogP contribution in [-0.2, 0) is 19.3 Å². The summed E-state index contributed by atoms with van der Waals surface area (Å²) < 4.78 is 4.74. The number of rotatable bonds is 10. The van der Waals surface area contributed by atoms with Gasteiger partial charge in [0.15, 0.2) is 0 Å². The zero-order valence-corrected chi connectivity index (χ0v) is 13.6. The van der Waals surface area contributed by atoms with Crippen LogP contribution < -0.4 is 0 Å². The molecular weight excluding hydrogens is 270 g/mol. The number of nitrogens with zero attached hydrogens (tertiary/aromatic N) is 1. The Hall–Kier alpha value is -0.0831. The van der Waals surface area contributed by atoms with Gasteiger partial charge < -0.3 is 4.90 Å². The molecule has 0 spiro atoms. The van der Waals surface area contributed by atoms with E-state index in [2.05, 4.69) is 9.93 Å². The molecule has 0 aromatic heterocycles. The van der Waals surface area contributed by atoms with Crippen LogP contribution >= 0.6 is 11.8 Å². The molecular formula is C11H23NO4SSi. The second kappa shape index (κ2) is 9.80. The maximum absolute atomic E-state index is 11.9. The van der Waals surface area contributed by atoms with Gasteiger partial charge in [0.05, 0.1) is 12.5 Å². The predicted molar refractivity (Wildman–Crippen MR) is 74.2 cm³/mol. The molecule has 0 aliphatic heterocycles. The third kappa shape index (κ3) is 8.10. The number of hydrogen-bond donors (Lipinski definition) is 0. The topological polar surface area (TPSA) is 48.0 Å². The zero-order chi connectivity index (χ0) is 14.0. The highest BCUT2D eigenvalue weighted by Crippen LogP contribution is 2.24. The van der Waals surface area contributed by atoms with Crippen molar-refractivity contribution in [3.63, 3.8) is 0 Å². The first-order chi connectivity index (χ1) is 8.41. The number of thioether (sulfide) groups is 1. The van der Waals surface area contributed by atoms with Crippen LogP contribution in [0.3, 0.4) is 0 Å². The van der Waals surface area contributed by atoms with Gasteiger partial charge in [0, 0.05) is 19.8 Å². The lowest BCUT2D eigenvalue weighted by molar-refractivity contribution is -0.456. The lowest BCUT2D eigenvalue weighted by Gasteiger charge is -2.26. The van der Waals surface area contributed by atoms with E-state index in [0.717, 1.165) is 24.0 Å². The van der Waals surface area contributed by atoms with Crippen molar-refractivity contribution in [2.75, 3.05) is 32.7 Å². The highest BCUT2D eigenvalue weighted by Gasteiger charge is 2.28. The second-order valence-electron chi connectivity index (χ2n) is 4.70. The molecule has 0 rings (SSSR count). The Morgan fingerprint density at radius 2 is 2.06 bits per heavy atom. The van der Waals surface area contributed by atoms with Crippen molar-refractivity contribution in [3.05, 3.63) is 0 Å². The molecule has 0 bridgehead atoms. The summed E-state index contributed by atoms with van der Waals surface area (Å²) in [5.41, 5.74) is -0.299. The van der Waals surface area contributed by atoms with E-state index in [-0.39, 0.29) is 11.3 Å². The number of carbonyl (C=O) groups excluding carboxylic acids is 1. The molecule has 0 aliphatic carbocycles. The number of carbonyl (C=O) groups is 1. The van der Waals surface area contributed by atoms with E-state index in [9.17, 15) is 4.79 Å². The Morgan fingerprint density at radius 1 is 1.39 bits per heavy atom. The van der Waals surface area contributed by atoms with Crippen LogP contribution in [0.4, 0.5) is 0 Å². The fourth-order valence-electron chi connectivity index (χ4n) is 1.34. The Morgan fingerprint density at radius 3 is 2.61 bits per heavy atom. The Labute approximate surface area is 116 Å². The molecule has 0 saturated heterocycles. The maximum Gasteiger partial charge on any atom is 0.287 e. The van der Waals surface area contributed by atoms with Crippen LogP contribution in [0.2, 0.25) is 6.04 Å². The SMILES string of the molecule is COOO[Si]CCCSCC(C)(C)C(=O)N(C)C. The fraction of sp³-hybridized carbons (Fsp3) is 0.909. The van der Waals surface area contributed by atoms with Crippen LogP contribution in [0.1, 0.15) is 20.3 Å². The van der Waals surface area contributed by atoms with Crippen molar-refractivity contribution in [1.82, 2.24) is 4.90 Å². The van der Waals surface area contributed by atoms with Gasteiger partial charge in [0.1, 0.15) is 0 Å². The molecule has 0 N–H and O–H groups in total. The van der Waals surface area contributed by atoms with E-state index < -0.39 is 0 Å². The summed E-state index contributed by atoms with van der Waals surface area (Å²) >= 11 is 1.80. The minimum atomic E-state index is -0.299. The average Bonchev–Trinajstić information content (AvgIpc) is 2.31. The van der Waals surface area contributed by atoms with Crippen LogP contribution in [0, 0.1) is 5.41 Å². The van der Waals surface area contributed by atoms with E-state index in [1.54, 1.807) is 30.8 Å². The van der Waals surface area contributed by atoms with Gasteiger partial charge in [-0.2, -0.15) is 11.8 Å². The van der Waals surface area contributed by atoms with E-state index in [1.165, 1.54) is 7.11 Å². The summed E-state index contributed by atoms with van der Waals surface area (Å²) in [6.45, 7) is 3.97. The molecule has 106 valence electrons. The molecule has 0 fully saturated rings. The first kappa shape index (κ1) is 17.9. The van der Waals surface area contributed by atoms with Crippen LogP contribution in [-0.4, -0.2) is 53.3 Å². The summed E-state index contributed by atoms with van der Waals surface area (Å²) in [6.07, 6.45) is 1.04. The minimum Gasteiger partial charge on any atom is -0.348 e. The largest absolute Gasteiger partial charge is 0.348 e. The molecule has 0 heterocycles. The van der Waals surface area contributed by atoms with Gasteiger partial charge in [-0.15, -0.1) is 0 Å². The summed E-state index contributed by atoms with van der Waals surface area (Å²) in [4.78, 5) is 17.8. The first-order valence-electron chi connectivity index (χ1n) is 5.80. The molecule has 0 aliphatic rings. The molecule has 18 heavy (non-hydrogen) atoms. The molecule has 0 saturated carbocycles. The highest BCUT2D eigenvalue weighted by atomic mass is 32.2. The molecule has 0 aromatic rings. The Kier molecular flexibility index (Phi) is 9.75. The van der Waals surface area contributed by atoms with Crippen molar-refractivity contribution in [1.29, 1.82) is 0 Å². The average molecular weight is 293 g/mol. The van der Waals surface area contributed by atoms with Gasteiger partial charge in [-0.3, -0.25) is 9.37 Å². The van der Waals surface area contributed by atoms with Gasteiger partial charge in [0.25, 0.3) is 9.76 Å². The third-order valence-electron chi connectivity index (χ3n) is 2.18. The lowest BCUT2D eigenvalue weighted by Crippen LogP contribution is -2.37. The van der Waals surface area contributed by atoms with E-state index >= 15 is 0 Å². The summed E-state index contributed by atoms with van der Waals surface area (Å²) in [6, 6.07) is 0.943. The van der Waals surface area contributed by atoms with Gasteiger partial charge in [0.2, 0.25) is 5.91 Å². The molecule has 0 unspecified atom stereocenters. The van der Waals surface area contributed by atoms with Crippen molar-refractivity contribution >= 4 is 27.4 Å². The molecule has 5 nitrogen and oxygen atoms in total. The molecule has 1 amide bonds. The Balaban J connectivity index is 3.56. The normalized spacial score (nSPS) is 11.6. The number of amides is 1. The van der Waals surface area contributed by atoms with Crippen LogP contribution in [0.5, 0.6) is 0 Å². The Bertz CT molecular complexity index is 239. The summed E-state index contributed by atoms with van der Waals surface area (Å²) in [7, 11) is 5.29.